The quantitative estimate of drug-likeness (QED) is 0.0570. The number of aryl methyl sites for hydroxylation is 1. The van der Waals surface area contributed by atoms with Gasteiger partial charge in [-0.3, -0.25) is 19.1 Å². The largest absolute Gasteiger partial charge is 0.460 e. The summed E-state index contributed by atoms with van der Waals surface area (Å²) in [5, 5.41) is 3.72. The fourth-order valence-corrected chi connectivity index (χ4v) is 6.88. The molecule has 51 heavy (non-hydrogen) atoms. The molecule has 0 heterocycles. The summed E-state index contributed by atoms with van der Waals surface area (Å²) in [5.41, 5.74) is 0.953. The topological polar surface area (TPSA) is 108 Å². The summed E-state index contributed by atoms with van der Waals surface area (Å²) in [6, 6.07) is 35.0. The van der Waals surface area contributed by atoms with Crippen molar-refractivity contribution in [3.8, 4) is 0 Å². The van der Waals surface area contributed by atoms with Crippen LogP contribution >= 0.6 is 0 Å². The van der Waals surface area contributed by atoms with E-state index in [1.165, 1.54) is 12.1 Å². The van der Waals surface area contributed by atoms with Crippen LogP contribution in [-0.2, 0) is 38.9 Å². The SMILES string of the molecule is Cc1ccc(S(=O)(=O)OCCCC(CC(NC(c2ccccc2)(c2ccccc2)c2ccccc2)C(=O)OC(C)(C)C)C(=O)OC(C)(C)C)cc1. The molecule has 4 aromatic carbocycles. The number of rotatable bonds is 15. The van der Waals surface area contributed by atoms with Crippen LogP contribution in [0.4, 0.5) is 0 Å². The molecule has 0 saturated carbocycles. The zero-order chi connectivity index (χ0) is 37.3. The maximum Gasteiger partial charge on any atom is 0.323 e. The number of esters is 2. The first kappa shape index (κ1) is 39.5. The normalized spacial score (nSPS) is 13.6. The average molecular weight is 714 g/mol. The van der Waals surface area contributed by atoms with Crippen LogP contribution in [0.5, 0.6) is 0 Å². The molecule has 2 atom stereocenters. The van der Waals surface area contributed by atoms with Crippen LogP contribution in [0.1, 0.15) is 83.1 Å². The smallest absolute Gasteiger partial charge is 0.323 e. The average Bonchev–Trinajstić information content (AvgIpc) is 3.07. The summed E-state index contributed by atoms with van der Waals surface area (Å²) in [6.07, 6.45) is 0.439. The molecule has 4 aromatic rings. The Balaban J connectivity index is 1.74. The summed E-state index contributed by atoms with van der Waals surface area (Å²) in [6.45, 7) is 12.5. The minimum atomic E-state index is -4.00. The molecule has 272 valence electrons. The van der Waals surface area contributed by atoms with Crippen molar-refractivity contribution in [2.75, 3.05) is 6.61 Å². The molecule has 0 bridgehead atoms. The second-order valence-electron chi connectivity index (χ2n) is 14.8. The van der Waals surface area contributed by atoms with E-state index in [9.17, 15) is 18.0 Å². The Morgan fingerprint density at radius 2 is 1.08 bits per heavy atom. The number of hydrogen-bond acceptors (Lipinski definition) is 8. The van der Waals surface area contributed by atoms with Gasteiger partial charge >= 0.3 is 11.9 Å². The van der Waals surface area contributed by atoms with Gasteiger partial charge in [-0.2, -0.15) is 8.42 Å². The van der Waals surface area contributed by atoms with Crippen LogP contribution < -0.4 is 5.32 Å². The van der Waals surface area contributed by atoms with Gasteiger partial charge in [0.1, 0.15) is 17.2 Å². The molecule has 0 aliphatic heterocycles. The van der Waals surface area contributed by atoms with Gasteiger partial charge in [0.05, 0.1) is 23.0 Å². The molecular weight excluding hydrogens is 663 g/mol. The van der Waals surface area contributed by atoms with Crippen LogP contribution in [0.2, 0.25) is 0 Å². The number of nitrogens with one attached hydrogen (secondary N) is 1. The lowest BCUT2D eigenvalue weighted by Gasteiger charge is -2.40. The Hall–Kier alpha value is -4.31. The van der Waals surface area contributed by atoms with Crippen molar-refractivity contribution in [3.05, 3.63) is 138 Å². The molecule has 4 rings (SSSR count). The summed E-state index contributed by atoms with van der Waals surface area (Å²) < 4.78 is 43.0. The standard InChI is InChI=1S/C42H51NO7S/c1-31-25-27-36(28-26-31)51(46,47)48-29-17-18-32(38(44)49-40(2,3)4)30-37(39(45)50-41(5,6)7)43-42(33-19-11-8-12-20-33,34-21-13-9-14-22-34)35-23-15-10-16-24-35/h8-16,19-28,32,37,43H,17-18,29-30H2,1-7H3. The van der Waals surface area contributed by atoms with Gasteiger partial charge in [-0.05, 0) is 96.6 Å². The minimum Gasteiger partial charge on any atom is -0.460 e. The Kier molecular flexibility index (Phi) is 13.0. The van der Waals surface area contributed by atoms with Crippen LogP contribution in [0.15, 0.2) is 120 Å². The monoisotopic (exact) mass is 713 g/mol. The number of ether oxygens (including phenoxy) is 2. The maximum absolute atomic E-state index is 14.3. The molecule has 0 fully saturated rings. The van der Waals surface area contributed by atoms with Crippen molar-refractivity contribution in [2.45, 2.75) is 95.4 Å². The molecule has 0 aromatic heterocycles. The Bertz CT molecular complexity index is 1720. The second kappa shape index (κ2) is 16.8. The van der Waals surface area contributed by atoms with Crippen LogP contribution in [0.25, 0.3) is 0 Å². The summed E-state index contributed by atoms with van der Waals surface area (Å²) in [7, 11) is -4.00. The predicted octanol–water partition coefficient (Wildman–Crippen LogP) is 8.12. The first-order valence-electron chi connectivity index (χ1n) is 17.4. The van der Waals surface area contributed by atoms with Gasteiger partial charge in [0.15, 0.2) is 0 Å². The predicted molar refractivity (Wildman–Crippen MR) is 199 cm³/mol. The third kappa shape index (κ3) is 11.1. The van der Waals surface area contributed by atoms with Gasteiger partial charge in [0.25, 0.3) is 10.1 Å². The molecule has 0 amide bonds. The molecular formula is C42H51NO7S. The molecule has 0 saturated heterocycles. The van der Waals surface area contributed by atoms with E-state index in [1.807, 2.05) is 97.9 Å². The lowest BCUT2D eigenvalue weighted by atomic mass is 9.76. The molecule has 0 aliphatic carbocycles. The number of hydrogen-bond donors (Lipinski definition) is 1. The summed E-state index contributed by atoms with van der Waals surface area (Å²) >= 11 is 0. The lowest BCUT2D eigenvalue weighted by molar-refractivity contribution is -0.163. The van der Waals surface area contributed by atoms with Crippen molar-refractivity contribution in [1.29, 1.82) is 0 Å². The molecule has 9 heteroatoms. The Morgan fingerprint density at radius 3 is 1.51 bits per heavy atom. The molecule has 0 aliphatic rings. The van der Waals surface area contributed by atoms with Crippen molar-refractivity contribution >= 4 is 22.1 Å². The number of benzene rings is 4. The van der Waals surface area contributed by atoms with E-state index in [1.54, 1.807) is 53.7 Å². The number of carbonyl (C=O) groups excluding carboxylic acids is 2. The lowest BCUT2D eigenvalue weighted by Crippen LogP contribution is -2.54. The van der Waals surface area contributed by atoms with Gasteiger partial charge in [0, 0.05) is 0 Å². The van der Waals surface area contributed by atoms with Gasteiger partial charge < -0.3 is 9.47 Å². The van der Waals surface area contributed by atoms with Crippen LogP contribution in [0.3, 0.4) is 0 Å². The van der Waals surface area contributed by atoms with Crippen molar-refractivity contribution in [2.24, 2.45) is 5.92 Å². The highest BCUT2D eigenvalue weighted by molar-refractivity contribution is 7.86. The maximum atomic E-state index is 14.3. The van der Waals surface area contributed by atoms with Gasteiger partial charge in [0.2, 0.25) is 0 Å². The Labute approximate surface area is 303 Å². The highest BCUT2D eigenvalue weighted by atomic mass is 32.2. The highest BCUT2D eigenvalue weighted by Crippen LogP contribution is 2.38. The van der Waals surface area contributed by atoms with E-state index in [4.69, 9.17) is 13.7 Å². The van der Waals surface area contributed by atoms with Crippen LogP contribution in [-0.4, -0.2) is 44.2 Å². The van der Waals surface area contributed by atoms with Crippen LogP contribution in [0, 0.1) is 12.8 Å². The Morgan fingerprint density at radius 1 is 0.647 bits per heavy atom. The molecule has 0 spiro atoms. The number of carbonyl (C=O) groups is 2. The fraction of sp³-hybridized carbons (Fsp3) is 0.381. The minimum absolute atomic E-state index is 0.0167. The van der Waals surface area contributed by atoms with Crippen molar-refractivity contribution in [3.63, 3.8) is 0 Å². The first-order chi connectivity index (χ1) is 24.0. The van der Waals surface area contributed by atoms with Gasteiger partial charge in [-0.25, -0.2) is 0 Å². The summed E-state index contributed by atoms with van der Waals surface area (Å²) in [4.78, 5) is 28.2. The zero-order valence-corrected chi connectivity index (χ0v) is 31.5. The van der Waals surface area contributed by atoms with E-state index in [-0.39, 0.29) is 30.8 Å². The van der Waals surface area contributed by atoms with Gasteiger partial charge in [-0.1, -0.05) is 109 Å². The summed E-state index contributed by atoms with van der Waals surface area (Å²) in [5.74, 6) is -1.83. The van der Waals surface area contributed by atoms with E-state index in [0.29, 0.717) is 0 Å². The molecule has 2 unspecified atom stereocenters. The molecule has 8 nitrogen and oxygen atoms in total. The molecule has 0 radical (unpaired) electrons. The van der Waals surface area contributed by atoms with Gasteiger partial charge in [-0.15, -0.1) is 0 Å². The fourth-order valence-electron chi connectivity index (χ4n) is 5.94. The van der Waals surface area contributed by atoms with E-state index < -0.39 is 50.8 Å². The zero-order valence-electron chi connectivity index (χ0n) is 30.7. The first-order valence-corrected chi connectivity index (χ1v) is 18.8. The third-order valence-electron chi connectivity index (χ3n) is 8.21. The van der Waals surface area contributed by atoms with Crippen molar-refractivity contribution in [1.82, 2.24) is 5.32 Å². The van der Waals surface area contributed by atoms with Crippen molar-refractivity contribution < 1.29 is 31.7 Å². The second-order valence-corrected chi connectivity index (χ2v) is 16.4. The highest BCUT2D eigenvalue weighted by Gasteiger charge is 2.42. The molecule has 1 N–H and O–H groups in total. The van der Waals surface area contributed by atoms with E-state index in [2.05, 4.69) is 5.32 Å². The van der Waals surface area contributed by atoms with E-state index >= 15 is 0 Å². The van der Waals surface area contributed by atoms with E-state index in [0.717, 1.165) is 22.3 Å². The third-order valence-corrected chi connectivity index (χ3v) is 9.53.